The third-order valence-corrected chi connectivity index (χ3v) is 1.86. The Morgan fingerprint density at radius 1 is 0.875 bits per heavy atom. The molecule has 0 bridgehead atoms. The first-order chi connectivity index (χ1) is 7.16. The van der Waals surface area contributed by atoms with E-state index < -0.39 is 29.7 Å². The average molecular weight is 246 g/mol. The molecular formula is C9H5F7. The molecule has 0 heterocycles. The van der Waals surface area contributed by atoms with Crippen LogP contribution in [0.25, 0.3) is 0 Å². The SMILES string of the molecule is Fc1ccc(C(F)C(F)(F)C(F)(F)F)cc1. The van der Waals surface area contributed by atoms with Crippen LogP contribution >= 0.6 is 0 Å². The quantitative estimate of drug-likeness (QED) is 0.691. The highest BCUT2D eigenvalue weighted by Crippen LogP contribution is 2.46. The summed E-state index contributed by atoms with van der Waals surface area (Å²) in [5.41, 5.74) is -0.927. The van der Waals surface area contributed by atoms with Gasteiger partial charge in [-0.25, -0.2) is 8.78 Å². The standard InChI is InChI=1S/C9H5F7/c10-6-3-1-5(2-4-6)7(11)8(12,13)9(14,15)16/h1-4,7H. The molecule has 0 radical (unpaired) electrons. The van der Waals surface area contributed by atoms with Crippen molar-refractivity contribution < 1.29 is 30.7 Å². The second kappa shape index (κ2) is 3.95. The topological polar surface area (TPSA) is 0 Å². The number of alkyl halides is 6. The van der Waals surface area contributed by atoms with Gasteiger partial charge in [-0.15, -0.1) is 0 Å². The summed E-state index contributed by atoms with van der Waals surface area (Å²) < 4.78 is 85.7. The van der Waals surface area contributed by atoms with E-state index in [9.17, 15) is 30.7 Å². The monoisotopic (exact) mass is 246 g/mol. The molecule has 16 heavy (non-hydrogen) atoms. The van der Waals surface area contributed by atoms with Gasteiger partial charge in [0, 0.05) is 0 Å². The molecule has 1 rings (SSSR count). The van der Waals surface area contributed by atoms with E-state index >= 15 is 0 Å². The third kappa shape index (κ3) is 2.28. The highest BCUT2D eigenvalue weighted by molar-refractivity contribution is 5.21. The third-order valence-electron chi connectivity index (χ3n) is 1.86. The fraction of sp³-hybridized carbons (Fsp3) is 0.333. The van der Waals surface area contributed by atoms with Gasteiger partial charge in [-0.3, -0.25) is 0 Å². The van der Waals surface area contributed by atoms with Crippen LogP contribution in [0.1, 0.15) is 11.7 Å². The number of rotatable bonds is 2. The van der Waals surface area contributed by atoms with Crippen LogP contribution in [0.4, 0.5) is 30.7 Å². The minimum Gasteiger partial charge on any atom is -0.235 e. The van der Waals surface area contributed by atoms with Crippen molar-refractivity contribution >= 4 is 0 Å². The lowest BCUT2D eigenvalue weighted by molar-refractivity contribution is -0.305. The van der Waals surface area contributed by atoms with Crippen molar-refractivity contribution in [2.45, 2.75) is 18.3 Å². The molecule has 0 N–H and O–H groups in total. The number of halogens is 7. The van der Waals surface area contributed by atoms with Crippen molar-refractivity contribution in [1.82, 2.24) is 0 Å². The zero-order chi connectivity index (χ0) is 12.6. The second-order valence-corrected chi connectivity index (χ2v) is 3.03. The Labute approximate surface area is 85.7 Å². The predicted octanol–water partition coefficient (Wildman–Crippen LogP) is 4.03. The van der Waals surface area contributed by atoms with Gasteiger partial charge in [-0.05, 0) is 17.7 Å². The Bertz CT molecular complexity index is 351. The molecule has 0 spiro atoms. The van der Waals surface area contributed by atoms with E-state index in [1.807, 2.05) is 0 Å². The van der Waals surface area contributed by atoms with E-state index in [2.05, 4.69) is 0 Å². The van der Waals surface area contributed by atoms with Crippen molar-refractivity contribution in [3.05, 3.63) is 35.6 Å². The highest BCUT2D eigenvalue weighted by Gasteiger charge is 2.63. The van der Waals surface area contributed by atoms with Gasteiger partial charge in [-0.1, -0.05) is 12.1 Å². The summed E-state index contributed by atoms with van der Waals surface area (Å²) in [6.07, 6.45) is -9.53. The Morgan fingerprint density at radius 3 is 1.69 bits per heavy atom. The van der Waals surface area contributed by atoms with E-state index in [-0.39, 0.29) is 0 Å². The van der Waals surface area contributed by atoms with Crippen molar-refractivity contribution in [1.29, 1.82) is 0 Å². The van der Waals surface area contributed by atoms with Crippen LogP contribution in [0, 0.1) is 5.82 Å². The smallest absolute Gasteiger partial charge is 0.235 e. The average Bonchev–Trinajstić information content (AvgIpc) is 2.16. The van der Waals surface area contributed by atoms with Crippen LogP contribution < -0.4 is 0 Å². The molecule has 0 aliphatic rings. The lowest BCUT2D eigenvalue weighted by Gasteiger charge is -2.23. The number of hydrogen-bond acceptors (Lipinski definition) is 0. The fourth-order valence-electron chi connectivity index (χ4n) is 0.985. The Kier molecular flexibility index (Phi) is 3.16. The lowest BCUT2D eigenvalue weighted by atomic mass is 10.0. The molecule has 1 unspecified atom stereocenters. The minimum absolute atomic E-state index is 0.541. The molecule has 0 fully saturated rings. The molecule has 0 aromatic heterocycles. The minimum atomic E-state index is -5.99. The van der Waals surface area contributed by atoms with Crippen molar-refractivity contribution in [3.8, 4) is 0 Å². The number of hydrogen-bond donors (Lipinski definition) is 0. The van der Waals surface area contributed by atoms with Crippen molar-refractivity contribution in [2.24, 2.45) is 0 Å². The molecule has 1 aromatic carbocycles. The largest absolute Gasteiger partial charge is 0.456 e. The summed E-state index contributed by atoms with van der Waals surface area (Å²) in [6.45, 7) is 0. The molecule has 90 valence electrons. The maximum Gasteiger partial charge on any atom is 0.456 e. The van der Waals surface area contributed by atoms with Crippen LogP contribution in [-0.2, 0) is 0 Å². The number of benzene rings is 1. The first kappa shape index (κ1) is 12.8. The van der Waals surface area contributed by atoms with Gasteiger partial charge in [-0.2, -0.15) is 22.0 Å². The first-order valence-electron chi connectivity index (χ1n) is 4.00. The Balaban J connectivity index is 3.02. The first-order valence-corrected chi connectivity index (χ1v) is 4.00. The van der Waals surface area contributed by atoms with Crippen LogP contribution in [0.15, 0.2) is 24.3 Å². The van der Waals surface area contributed by atoms with Crippen LogP contribution in [0.5, 0.6) is 0 Å². The summed E-state index contributed by atoms with van der Waals surface area (Å²) in [6, 6.07) is 2.29. The van der Waals surface area contributed by atoms with Gasteiger partial charge in [0.15, 0.2) is 6.17 Å². The van der Waals surface area contributed by atoms with Crippen LogP contribution in [-0.4, -0.2) is 12.1 Å². The molecule has 0 aliphatic heterocycles. The molecule has 0 aliphatic carbocycles. The van der Waals surface area contributed by atoms with Gasteiger partial charge in [0.05, 0.1) is 0 Å². The summed E-state index contributed by atoms with van der Waals surface area (Å²) in [5.74, 6) is -6.35. The van der Waals surface area contributed by atoms with Crippen molar-refractivity contribution in [3.63, 3.8) is 0 Å². The van der Waals surface area contributed by atoms with Gasteiger partial charge in [0.25, 0.3) is 0 Å². The molecular weight excluding hydrogens is 241 g/mol. The zero-order valence-electron chi connectivity index (χ0n) is 7.53. The van der Waals surface area contributed by atoms with E-state index in [1.165, 1.54) is 0 Å². The molecule has 0 amide bonds. The van der Waals surface area contributed by atoms with Crippen molar-refractivity contribution in [2.75, 3.05) is 0 Å². The Morgan fingerprint density at radius 2 is 1.31 bits per heavy atom. The molecule has 0 nitrogen and oxygen atoms in total. The lowest BCUT2D eigenvalue weighted by Crippen LogP contribution is -2.40. The van der Waals surface area contributed by atoms with E-state index in [1.54, 1.807) is 0 Å². The molecule has 0 saturated carbocycles. The molecule has 7 heteroatoms. The van der Waals surface area contributed by atoms with E-state index in [0.29, 0.717) is 24.3 Å². The molecule has 1 atom stereocenters. The maximum absolute atomic E-state index is 12.9. The van der Waals surface area contributed by atoms with Gasteiger partial charge < -0.3 is 0 Å². The zero-order valence-corrected chi connectivity index (χ0v) is 7.53. The van der Waals surface area contributed by atoms with Gasteiger partial charge in [0.2, 0.25) is 0 Å². The highest BCUT2D eigenvalue weighted by atomic mass is 19.4. The summed E-state index contributed by atoms with van der Waals surface area (Å²) in [4.78, 5) is 0. The van der Waals surface area contributed by atoms with Crippen LogP contribution in [0.3, 0.4) is 0 Å². The summed E-state index contributed by atoms with van der Waals surface area (Å²) in [5, 5.41) is 0. The maximum atomic E-state index is 12.9. The molecule has 0 saturated heterocycles. The summed E-state index contributed by atoms with van der Waals surface area (Å²) in [7, 11) is 0. The van der Waals surface area contributed by atoms with Gasteiger partial charge in [0.1, 0.15) is 5.82 Å². The fourth-order valence-corrected chi connectivity index (χ4v) is 0.985. The van der Waals surface area contributed by atoms with E-state index in [0.717, 1.165) is 0 Å². The normalized spacial score (nSPS) is 14.9. The van der Waals surface area contributed by atoms with E-state index in [4.69, 9.17) is 0 Å². The summed E-state index contributed by atoms with van der Waals surface area (Å²) >= 11 is 0. The Hall–Kier alpha value is -1.27. The van der Waals surface area contributed by atoms with Gasteiger partial charge >= 0.3 is 12.1 Å². The predicted molar refractivity (Wildman–Crippen MR) is 41.3 cm³/mol. The van der Waals surface area contributed by atoms with Crippen LogP contribution in [0.2, 0.25) is 0 Å². The second-order valence-electron chi connectivity index (χ2n) is 3.03. The molecule has 1 aromatic rings.